The second-order valence-electron chi connectivity index (χ2n) is 8.21. The summed E-state index contributed by atoms with van der Waals surface area (Å²) in [6.07, 6.45) is 15.2. The zero-order valence-corrected chi connectivity index (χ0v) is 21.2. The summed E-state index contributed by atoms with van der Waals surface area (Å²) in [7, 11) is -3.54. The maximum Gasteiger partial charge on any atom is 0.344 e. The summed E-state index contributed by atoms with van der Waals surface area (Å²) in [6.45, 7) is 9.48. The van der Waals surface area contributed by atoms with Crippen LogP contribution in [0.1, 0.15) is 124 Å². The molecule has 0 fully saturated rings. The lowest BCUT2D eigenvalue weighted by Crippen LogP contribution is -2.26. The monoisotopic (exact) mass is 448 g/mol. The Morgan fingerprint density at radius 2 is 1.07 bits per heavy atom. The molecular formula is C24H49O5P. The van der Waals surface area contributed by atoms with Crippen LogP contribution < -0.4 is 0 Å². The van der Waals surface area contributed by atoms with E-state index in [9.17, 15) is 9.36 Å². The highest BCUT2D eigenvalue weighted by atomic mass is 31.2. The SMILES string of the molecule is CCCCCCCCCCC(C(=O)OCCCC)P(=O)(OCCCC)OCCCC. The fourth-order valence-corrected chi connectivity index (χ4v) is 5.21. The molecule has 0 aromatic rings. The van der Waals surface area contributed by atoms with Crippen LogP contribution in [0.2, 0.25) is 0 Å². The average Bonchev–Trinajstić information content (AvgIpc) is 2.73. The zero-order valence-electron chi connectivity index (χ0n) is 20.3. The smallest absolute Gasteiger partial charge is 0.344 e. The number of unbranched alkanes of at least 4 members (excludes halogenated alkanes) is 10. The van der Waals surface area contributed by atoms with E-state index in [0.717, 1.165) is 57.8 Å². The first kappa shape index (κ1) is 29.6. The van der Waals surface area contributed by atoms with Crippen LogP contribution in [0.4, 0.5) is 0 Å². The van der Waals surface area contributed by atoms with Crippen molar-refractivity contribution in [3.05, 3.63) is 0 Å². The summed E-state index contributed by atoms with van der Waals surface area (Å²) in [6, 6.07) is 0. The number of carbonyl (C=O) groups is 1. The van der Waals surface area contributed by atoms with Crippen molar-refractivity contribution in [2.45, 2.75) is 130 Å². The molecule has 0 saturated carbocycles. The molecule has 1 unspecified atom stereocenters. The van der Waals surface area contributed by atoms with Gasteiger partial charge < -0.3 is 13.8 Å². The molecule has 5 nitrogen and oxygen atoms in total. The minimum atomic E-state index is -3.54. The van der Waals surface area contributed by atoms with E-state index in [1.807, 2.05) is 0 Å². The van der Waals surface area contributed by atoms with Crippen molar-refractivity contribution in [3.8, 4) is 0 Å². The van der Waals surface area contributed by atoms with E-state index >= 15 is 0 Å². The first-order chi connectivity index (χ1) is 14.6. The third kappa shape index (κ3) is 14.6. The summed E-state index contributed by atoms with van der Waals surface area (Å²) in [4.78, 5) is 12.8. The molecule has 0 heterocycles. The Balaban J connectivity index is 4.90. The number of rotatable bonds is 22. The number of hydrogen-bond acceptors (Lipinski definition) is 5. The van der Waals surface area contributed by atoms with Crippen molar-refractivity contribution in [3.63, 3.8) is 0 Å². The number of esters is 1. The van der Waals surface area contributed by atoms with Crippen LogP contribution in [0.3, 0.4) is 0 Å². The Hall–Kier alpha value is -0.380. The highest BCUT2D eigenvalue weighted by molar-refractivity contribution is 7.55. The van der Waals surface area contributed by atoms with Gasteiger partial charge >= 0.3 is 13.6 Å². The van der Waals surface area contributed by atoms with Crippen LogP contribution >= 0.6 is 7.60 Å². The van der Waals surface area contributed by atoms with Crippen molar-refractivity contribution in [2.75, 3.05) is 19.8 Å². The fourth-order valence-electron chi connectivity index (χ4n) is 3.18. The summed E-state index contributed by atoms with van der Waals surface area (Å²) in [5.74, 6) is -0.414. The van der Waals surface area contributed by atoms with Crippen LogP contribution in [-0.4, -0.2) is 31.4 Å². The fraction of sp³-hybridized carbons (Fsp3) is 0.958. The van der Waals surface area contributed by atoms with Crippen LogP contribution in [0.25, 0.3) is 0 Å². The molecule has 30 heavy (non-hydrogen) atoms. The van der Waals surface area contributed by atoms with Gasteiger partial charge in [-0.05, 0) is 25.7 Å². The lowest BCUT2D eigenvalue weighted by molar-refractivity contribution is -0.143. The Morgan fingerprint density at radius 3 is 1.57 bits per heavy atom. The molecule has 0 N–H and O–H groups in total. The van der Waals surface area contributed by atoms with Crippen LogP contribution in [0, 0.1) is 0 Å². The highest BCUT2D eigenvalue weighted by Crippen LogP contribution is 2.55. The van der Waals surface area contributed by atoms with Crippen molar-refractivity contribution < 1.29 is 23.1 Å². The van der Waals surface area contributed by atoms with Crippen molar-refractivity contribution >= 4 is 13.6 Å². The summed E-state index contributed by atoms with van der Waals surface area (Å²) < 4.78 is 30.6. The van der Waals surface area contributed by atoms with Gasteiger partial charge in [-0.15, -0.1) is 0 Å². The molecule has 0 aromatic heterocycles. The second-order valence-corrected chi connectivity index (χ2v) is 10.4. The molecule has 0 radical (unpaired) electrons. The minimum Gasteiger partial charge on any atom is -0.465 e. The molecule has 0 bridgehead atoms. The largest absolute Gasteiger partial charge is 0.465 e. The molecular weight excluding hydrogens is 399 g/mol. The zero-order chi connectivity index (χ0) is 22.5. The maximum absolute atomic E-state index is 13.6. The number of ether oxygens (including phenoxy) is 1. The molecule has 0 rings (SSSR count). The van der Waals surface area contributed by atoms with Gasteiger partial charge in [0.25, 0.3) is 0 Å². The summed E-state index contributed by atoms with van der Waals surface area (Å²) in [5, 5.41) is 0. The van der Waals surface area contributed by atoms with Gasteiger partial charge in [0.15, 0.2) is 5.66 Å². The van der Waals surface area contributed by atoms with Gasteiger partial charge in [0.05, 0.1) is 19.8 Å². The third-order valence-corrected chi connectivity index (χ3v) is 7.58. The van der Waals surface area contributed by atoms with Crippen molar-refractivity contribution in [2.24, 2.45) is 0 Å². The van der Waals surface area contributed by atoms with E-state index in [0.29, 0.717) is 26.2 Å². The van der Waals surface area contributed by atoms with Crippen molar-refractivity contribution in [1.82, 2.24) is 0 Å². The van der Waals surface area contributed by atoms with E-state index in [1.54, 1.807) is 0 Å². The Morgan fingerprint density at radius 1 is 0.633 bits per heavy atom. The normalized spacial score (nSPS) is 12.8. The van der Waals surface area contributed by atoms with Crippen LogP contribution in [0.5, 0.6) is 0 Å². The third-order valence-electron chi connectivity index (χ3n) is 5.27. The predicted octanol–water partition coefficient (Wildman–Crippen LogP) is 8.06. The van der Waals surface area contributed by atoms with E-state index in [-0.39, 0.29) is 0 Å². The quantitative estimate of drug-likeness (QED) is 0.0952. The second kappa shape index (κ2) is 20.5. The summed E-state index contributed by atoms with van der Waals surface area (Å²) in [5.41, 5.74) is -0.803. The van der Waals surface area contributed by atoms with Gasteiger partial charge in [-0.1, -0.05) is 98.3 Å². The van der Waals surface area contributed by atoms with Gasteiger partial charge in [-0.2, -0.15) is 0 Å². The van der Waals surface area contributed by atoms with Gasteiger partial charge in [0.2, 0.25) is 0 Å². The summed E-state index contributed by atoms with van der Waals surface area (Å²) >= 11 is 0. The molecule has 0 aliphatic rings. The molecule has 180 valence electrons. The molecule has 6 heteroatoms. The molecule has 0 spiro atoms. The van der Waals surface area contributed by atoms with Crippen LogP contribution in [0.15, 0.2) is 0 Å². The Kier molecular flexibility index (Phi) is 20.3. The van der Waals surface area contributed by atoms with Crippen molar-refractivity contribution in [1.29, 1.82) is 0 Å². The van der Waals surface area contributed by atoms with Gasteiger partial charge in [-0.25, -0.2) is 0 Å². The standard InChI is InChI=1S/C24H49O5P/c1-5-9-13-14-15-16-17-18-19-23(24(25)27-20-10-6-2)30(26,28-21-11-7-3)29-22-12-8-4/h23H,5-22H2,1-4H3. The maximum atomic E-state index is 13.6. The van der Waals surface area contributed by atoms with E-state index in [4.69, 9.17) is 13.8 Å². The van der Waals surface area contributed by atoms with Gasteiger partial charge in [-0.3, -0.25) is 9.36 Å². The predicted molar refractivity (Wildman–Crippen MR) is 126 cm³/mol. The molecule has 0 saturated heterocycles. The average molecular weight is 449 g/mol. The number of carbonyl (C=O) groups excluding carboxylic acids is 1. The highest BCUT2D eigenvalue weighted by Gasteiger charge is 2.42. The minimum absolute atomic E-state index is 0.357. The van der Waals surface area contributed by atoms with Crippen LogP contribution in [-0.2, 0) is 23.1 Å². The first-order valence-corrected chi connectivity index (χ1v) is 14.2. The van der Waals surface area contributed by atoms with E-state index < -0.39 is 19.2 Å². The molecule has 0 aromatic carbocycles. The molecule has 0 aliphatic heterocycles. The topological polar surface area (TPSA) is 61.8 Å². The van der Waals surface area contributed by atoms with Gasteiger partial charge in [0, 0.05) is 0 Å². The van der Waals surface area contributed by atoms with Gasteiger partial charge in [0.1, 0.15) is 0 Å². The first-order valence-electron chi connectivity index (χ1n) is 12.6. The lowest BCUT2D eigenvalue weighted by atomic mass is 10.1. The Labute approximate surface area is 186 Å². The Bertz CT molecular complexity index is 427. The molecule has 1 atom stereocenters. The van der Waals surface area contributed by atoms with E-state index in [2.05, 4.69) is 27.7 Å². The number of hydrogen-bond donors (Lipinski definition) is 0. The lowest BCUT2D eigenvalue weighted by Gasteiger charge is -2.26. The molecule has 0 aliphatic carbocycles. The van der Waals surface area contributed by atoms with E-state index in [1.165, 1.54) is 32.1 Å². The molecule has 0 amide bonds.